The van der Waals surface area contributed by atoms with E-state index in [-0.39, 0.29) is 24.2 Å². The van der Waals surface area contributed by atoms with Gasteiger partial charge in [0.2, 0.25) is 0 Å². The van der Waals surface area contributed by atoms with Gasteiger partial charge in [0, 0.05) is 29.5 Å². The molecule has 0 saturated carbocycles. The van der Waals surface area contributed by atoms with E-state index < -0.39 is 34.1 Å². The Morgan fingerprint density at radius 2 is 1.72 bits per heavy atom. The van der Waals surface area contributed by atoms with Crippen LogP contribution < -0.4 is 4.90 Å². The maximum atomic E-state index is 14.4. The summed E-state index contributed by atoms with van der Waals surface area (Å²) in [6, 6.07) is 15.9. The number of carbonyl (C=O) groups is 2. The Bertz CT molecular complexity index is 1250. The van der Waals surface area contributed by atoms with Gasteiger partial charge < -0.3 is 9.80 Å². The van der Waals surface area contributed by atoms with Gasteiger partial charge in [-0.2, -0.15) is 0 Å². The molecule has 1 saturated heterocycles. The molecule has 32 heavy (non-hydrogen) atoms. The molecular formula is C24H17F3N2O2S. The SMILES string of the molecule is O=C(c1ccccc1F)N1CCS[C@@]12C(=O)N(Cc1ccc(F)cc1F)c1ccccc12. The number of amides is 2. The Hall–Kier alpha value is -3.26. The van der Waals surface area contributed by atoms with Crippen LogP contribution in [0.3, 0.4) is 0 Å². The highest BCUT2D eigenvalue weighted by atomic mass is 32.2. The van der Waals surface area contributed by atoms with Crippen LogP contribution in [0, 0.1) is 17.5 Å². The lowest BCUT2D eigenvalue weighted by Gasteiger charge is -2.33. The summed E-state index contributed by atoms with van der Waals surface area (Å²) in [5.41, 5.74) is 1.19. The Morgan fingerprint density at radius 1 is 0.969 bits per heavy atom. The summed E-state index contributed by atoms with van der Waals surface area (Å²) in [4.78, 5) is 28.6. The Morgan fingerprint density at radius 3 is 2.50 bits per heavy atom. The number of benzene rings is 3. The molecule has 1 spiro atoms. The summed E-state index contributed by atoms with van der Waals surface area (Å²) in [5, 5.41) is 0. The molecule has 1 fully saturated rings. The highest BCUT2D eigenvalue weighted by Crippen LogP contribution is 2.54. The molecule has 3 aromatic rings. The van der Waals surface area contributed by atoms with Gasteiger partial charge in [0.1, 0.15) is 17.5 Å². The molecule has 0 bridgehead atoms. The average molecular weight is 454 g/mol. The van der Waals surface area contributed by atoms with E-state index in [2.05, 4.69) is 0 Å². The van der Waals surface area contributed by atoms with Crippen LogP contribution in [-0.2, 0) is 16.2 Å². The van der Waals surface area contributed by atoms with Crippen molar-refractivity contribution in [1.29, 1.82) is 0 Å². The van der Waals surface area contributed by atoms with Crippen molar-refractivity contribution in [1.82, 2.24) is 4.90 Å². The van der Waals surface area contributed by atoms with Crippen molar-refractivity contribution in [2.45, 2.75) is 11.4 Å². The molecule has 2 heterocycles. The van der Waals surface area contributed by atoms with Crippen molar-refractivity contribution < 1.29 is 22.8 Å². The molecule has 0 unspecified atom stereocenters. The topological polar surface area (TPSA) is 40.6 Å². The van der Waals surface area contributed by atoms with E-state index in [1.54, 1.807) is 30.3 Å². The first kappa shape index (κ1) is 20.6. The maximum absolute atomic E-state index is 14.4. The number of para-hydroxylation sites is 1. The number of anilines is 1. The van der Waals surface area contributed by atoms with Crippen LogP contribution in [0.25, 0.3) is 0 Å². The van der Waals surface area contributed by atoms with Gasteiger partial charge in [0.25, 0.3) is 11.8 Å². The third-order valence-corrected chi connectivity index (χ3v) is 7.21. The normalized spacial score (nSPS) is 19.7. The van der Waals surface area contributed by atoms with E-state index in [1.165, 1.54) is 45.8 Å². The Labute approximate surface area is 186 Å². The smallest absolute Gasteiger partial charge is 0.268 e. The van der Waals surface area contributed by atoms with Crippen LogP contribution in [0.2, 0.25) is 0 Å². The number of hydrogen-bond acceptors (Lipinski definition) is 3. The molecule has 0 aliphatic carbocycles. The predicted octanol–water partition coefficient (Wildman–Crippen LogP) is 4.69. The molecule has 5 rings (SSSR count). The molecule has 162 valence electrons. The van der Waals surface area contributed by atoms with Crippen molar-refractivity contribution in [3.8, 4) is 0 Å². The zero-order valence-corrected chi connectivity index (χ0v) is 17.5. The third-order valence-electron chi connectivity index (χ3n) is 5.79. The zero-order chi connectivity index (χ0) is 22.5. The summed E-state index contributed by atoms with van der Waals surface area (Å²) in [6.45, 7) is 0.142. The minimum Gasteiger partial charge on any atom is -0.311 e. The van der Waals surface area contributed by atoms with Crippen LogP contribution in [-0.4, -0.2) is 29.0 Å². The number of hydrogen-bond donors (Lipinski definition) is 0. The Balaban J connectivity index is 1.59. The first-order valence-electron chi connectivity index (χ1n) is 9.99. The summed E-state index contributed by atoms with van der Waals surface area (Å²) in [5.74, 6) is -2.62. The average Bonchev–Trinajstić information content (AvgIpc) is 3.32. The number of halogens is 3. The number of carbonyl (C=O) groups excluding carboxylic acids is 2. The van der Waals surface area contributed by atoms with Crippen molar-refractivity contribution in [2.24, 2.45) is 0 Å². The number of nitrogens with zero attached hydrogens (tertiary/aromatic N) is 2. The molecule has 2 aliphatic rings. The van der Waals surface area contributed by atoms with Gasteiger partial charge in [-0.3, -0.25) is 9.59 Å². The number of fused-ring (bicyclic) bond motifs is 2. The van der Waals surface area contributed by atoms with E-state index in [1.807, 2.05) is 0 Å². The fourth-order valence-electron chi connectivity index (χ4n) is 4.33. The minimum atomic E-state index is -1.37. The van der Waals surface area contributed by atoms with Gasteiger partial charge in [-0.1, -0.05) is 36.4 Å². The van der Waals surface area contributed by atoms with Gasteiger partial charge in [0.05, 0.1) is 17.8 Å². The molecular weight excluding hydrogens is 437 g/mol. The highest BCUT2D eigenvalue weighted by molar-refractivity contribution is 8.01. The molecule has 8 heteroatoms. The quantitative estimate of drug-likeness (QED) is 0.577. The van der Waals surface area contributed by atoms with E-state index in [9.17, 15) is 22.8 Å². The summed E-state index contributed by atoms with van der Waals surface area (Å²) < 4.78 is 42.1. The monoisotopic (exact) mass is 454 g/mol. The molecule has 4 nitrogen and oxygen atoms in total. The fraction of sp³-hybridized carbons (Fsp3) is 0.167. The number of thioether (sulfide) groups is 1. The predicted molar refractivity (Wildman–Crippen MR) is 116 cm³/mol. The highest BCUT2D eigenvalue weighted by Gasteiger charge is 2.59. The lowest BCUT2D eigenvalue weighted by Crippen LogP contribution is -2.50. The zero-order valence-electron chi connectivity index (χ0n) is 16.7. The second-order valence-corrected chi connectivity index (χ2v) is 8.86. The van der Waals surface area contributed by atoms with Crippen molar-refractivity contribution in [3.63, 3.8) is 0 Å². The summed E-state index contributed by atoms with van der Waals surface area (Å²) in [7, 11) is 0. The van der Waals surface area contributed by atoms with Crippen molar-refractivity contribution in [2.75, 3.05) is 17.2 Å². The fourth-order valence-corrected chi connectivity index (χ4v) is 5.79. The van der Waals surface area contributed by atoms with Crippen molar-refractivity contribution >= 4 is 29.3 Å². The Kier molecular flexibility index (Phi) is 4.97. The second kappa shape index (κ2) is 7.70. The molecule has 0 aromatic heterocycles. The first-order valence-corrected chi connectivity index (χ1v) is 11.0. The molecule has 2 aliphatic heterocycles. The molecule has 2 amide bonds. The van der Waals surface area contributed by atoms with Crippen molar-refractivity contribution in [3.05, 3.63) is 101 Å². The molecule has 0 N–H and O–H groups in total. The van der Waals surface area contributed by atoms with E-state index >= 15 is 0 Å². The summed E-state index contributed by atoms with van der Waals surface area (Å²) in [6.07, 6.45) is 0. The van der Waals surface area contributed by atoms with E-state index in [0.29, 0.717) is 17.0 Å². The molecule has 3 aromatic carbocycles. The van der Waals surface area contributed by atoms with Crippen LogP contribution in [0.5, 0.6) is 0 Å². The van der Waals surface area contributed by atoms with Gasteiger partial charge in [0.15, 0.2) is 4.87 Å². The lowest BCUT2D eigenvalue weighted by molar-refractivity contribution is -0.123. The minimum absolute atomic E-state index is 0.109. The van der Waals surface area contributed by atoms with E-state index in [4.69, 9.17) is 0 Å². The van der Waals surface area contributed by atoms with Crippen LogP contribution in [0.4, 0.5) is 18.9 Å². The summed E-state index contributed by atoms with van der Waals surface area (Å²) >= 11 is 1.30. The van der Waals surface area contributed by atoms with Gasteiger partial charge in [-0.25, -0.2) is 13.2 Å². The third kappa shape index (κ3) is 3.01. The van der Waals surface area contributed by atoms with E-state index in [0.717, 1.165) is 12.1 Å². The van der Waals surface area contributed by atoms with Crippen LogP contribution in [0.1, 0.15) is 21.5 Å². The van der Waals surface area contributed by atoms with Crippen LogP contribution in [0.15, 0.2) is 66.7 Å². The first-order chi connectivity index (χ1) is 15.4. The van der Waals surface area contributed by atoms with Gasteiger partial charge >= 0.3 is 0 Å². The standard InChI is InChI=1S/C24H17F3N2O2S/c25-16-10-9-15(20(27)13-16)14-28-21-8-4-2-6-18(21)24(23(28)31)29(11-12-32-24)22(30)17-5-1-3-7-19(17)26/h1-10,13H,11-12,14H2/t24-/m0/s1. The largest absolute Gasteiger partial charge is 0.311 e. The van der Waals surface area contributed by atoms with Gasteiger partial charge in [-0.05, 0) is 24.3 Å². The van der Waals surface area contributed by atoms with Gasteiger partial charge in [-0.15, -0.1) is 11.8 Å². The number of rotatable bonds is 3. The van der Waals surface area contributed by atoms with Crippen LogP contribution >= 0.6 is 11.8 Å². The molecule has 1 atom stereocenters. The second-order valence-electron chi connectivity index (χ2n) is 7.57. The molecule has 0 radical (unpaired) electrons. The lowest BCUT2D eigenvalue weighted by atomic mass is 10.0. The maximum Gasteiger partial charge on any atom is 0.268 e.